The van der Waals surface area contributed by atoms with E-state index in [1.54, 1.807) is 6.92 Å². The average Bonchev–Trinajstić information content (AvgIpc) is 2.81. The van der Waals surface area contributed by atoms with Crippen molar-refractivity contribution < 1.29 is 24.9 Å². The minimum atomic E-state index is -2.37. The Hall–Kier alpha value is -1.30. The fraction of sp³-hybridized carbons (Fsp3) is 0.600. The molecule has 0 heterocycles. The lowest BCUT2D eigenvalue weighted by atomic mass is 9.89. The number of allylic oxidation sites excluding steroid dienone is 3. The summed E-state index contributed by atoms with van der Waals surface area (Å²) < 4.78 is 0. The van der Waals surface area contributed by atoms with E-state index in [4.69, 9.17) is 0 Å². The van der Waals surface area contributed by atoms with E-state index in [-0.39, 0.29) is 0 Å². The lowest BCUT2D eigenvalue weighted by molar-refractivity contribution is -0.153. The van der Waals surface area contributed by atoms with Crippen molar-refractivity contribution in [3.05, 3.63) is 23.3 Å². The number of aliphatic hydroxyl groups is 3. The summed E-state index contributed by atoms with van der Waals surface area (Å²) >= 11 is 0. The van der Waals surface area contributed by atoms with Crippen LogP contribution in [0, 0.1) is 0 Å². The number of carbonyl (C=O) groups is 2. The van der Waals surface area contributed by atoms with Gasteiger partial charge in [0.1, 0.15) is 0 Å². The first-order valence-corrected chi connectivity index (χ1v) is 6.57. The van der Waals surface area contributed by atoms with E-state index in [9.17, 15) is 24.9 Å². The van der Waals surface area contributed by atoms with Gasteiger partial charge in [0.25, 0.3) is 0 Å². The summed E-state index contributed by atoms with van der Waals surface area (Å²) in [5.41, 5.74) is -2.77. The molecule has 20 heavy (non-hydrogen) atoms. The Morgan fingerprint density at radius 2 is 1.90 bits per heavy atom. The van der Waals surface area contributed by atoms with Gasteiger partial charge < -0.3 is 15.3 Å². The molecule has 0 spiro atoms. The molecule has 0 bridgehead atoms. The van der Waals surface area contributed by atoms with Gasteiger partial charge in [0.2, 0.25) is 5.78 Å². The maximum atomic E-state index is 12.0. The maximum absolute atomic E-state index is 12.0. The second kappa shape index (κ2) is 5.60. The minimum Gasteiger partial charge on any atom is -0.382 e. The maximum Gasteiger partial charge on any atom is 0.202 e. The number of rotatable bonds is 6. The van der Waals surface area contributed by atoms with Gasteiger partial charge in [-0.3, -0.25) is 9.59 Å². The molecule has 5 nitrogen and oxygen atoms in total. The molecular weight excluding hydrogens is 260 g/mol. The summed E-state index contributed by atoms with van der Waals surface area (Å²) in [7, 11) is 0. The Balaban J connectivity index is 2.75. The van der Waals surface area contributed by atoms with Crippen molar-refractivity contribution in [3.63, 3.8) is 0 Å². The van der Waals surface area contributed by atoms with Crippen molar-refractivity contribution in [3.8, 4) is 0 Å². The van der Waals surface area contributed by atoms with Crippen molar-refractivity contribution in [2.45, 2.75) is 57.8 Å². The molecule has 0 saturated heterocycles. The van der Waals surface area contributed by atoms with E-state index in [1.807, 2.05) is 19.9 Å². The normalized spacial score (nSPS) is 28.9. The van der Waals surface area contributed by atoms with Crippen LogP contribution in [-0.2, 0) is 9.59 Å². The molecule has 3 atom stereocenters. The Bertz CT molecular complexity index is 482. The topological polar surface area (TPSA) is 94.8 Å². The molecule has 1 rings (SSSR count). The predicted molar refractivity (Wildman–Crippen MR) is 74.0 cm³/mol. The molecule has 1 aliphatic rings. The third kappa shape index (κ3) is 2.90. The van der Waals surface area contributed by atoms with Gasteiger partial charge in [-0.05, 0) is 46.6 Å². The van der Waals surface area contributed by atoms with Crippen molar-refractivity contribution in [2.75, 3.05) is 0 Å². The Morgan fingerprint density at radius 1 is 1.40 bits per heavy atom. The summed E-state index contributed by atoms with van der Waals surface area (Å²) in [5, 5.41) is 29.1. The molecule has 0 radical (unpaired) electrons. The van der Waals surface area contributed by atoms with Crippen LogP contribution in [0.4, 0.5) is 0 Å². The molecule has 112 valence electrons. The monoisotopic (exact) mass is 282 g/mol. The summed E-state index contributed by atoms with van der Waals surface area (Å²) in [6, 6.07) is 0. The number of ketones is 2. The molecule has 0 aromatic rings. The van der Waals surface area contributed by atoms with E-state index in [1.165, 1.54) is 11.6 Å². The molecule has 1 saturated carbocycles. The lowest BCUT2D eigenvalue weighted by Gasteiger charge is -2.25. The van der Waals surface area contributed by atoms with Gasteiger partial charge in [-0.2, -0.15) is 0 Å². The van der Waals surface area contributed by atoms with Gasteiger partial charge in [-0.15, -0.1) is 0 Å². The summed E-state index contributed by atoms with van der Waals surface area (Å²) in [6.45, 7) is 6.74. The predicted octanol–water partition coefficient (Wildman–Crippen LogP) is 0.674. The highest BCUT2D eigenvalue weighted by Crippen LogP contribution is 2.42. The third-order valence-corrected chi connectivity index (χ3v) is 3.63. The second-order valence-corrected chi connectivity index (χ2v) is 5.78. The minimum absolute atomic E-state index is 0.641. The smallest absolute Gasteiger partial charge is 0.202 e. The van der Waals surface area contributed by atoms with Crippen molar-refractivity contribution in [1.82, 2.24) is 0 Å². The van der Waals surface area contributed by atoms with Crippen LogP contribution in [-0.4, -0.2) is 44.2 Å². The molecule has 1 aliphatic carbocycles. The number of Topliss-reactive ketones (excluding diaryl/α,β-unsaturated/α-hetero) is 1. The second-order valence-electron chi connectivity index (χ2n) is 5.78. The van der Waals surface area contributed by atoms with Gasteiger partial charge in [0.15, 0.2) is 23.1 Å². The van der Waals surface area contributed by atoms with Crippen LogP contribution >= 0.6 is 0 Å². The first-order valence-electron chi connectivity index (χ1n) is 6.57. The molecule has 5 heteroatoms. The number of hydrogen-bond acceptors (Lipinski definition) is 5. The Kier molecular flexibility index (Phi) is 4.69. The standard InChI is InChI=1S/C15H22O5/c1-9(2)6-5-7-10(3)8-11(16)14(4,19)15(20)12(17)13(15)18/h6,8,12,17,19-20H,5,7H2,1-4H3/b10-8+. The first kappa shape index (κ1) is 16.8. The molecule has 0 aliphatic heterocycles. The van der Waals surface area contributed by atoms with Gasteiger partial charge in [0.05, 0.1) is 0 Å². The molecule has 3 N–H and O–H groups in total. The van der Waals surface area contributed by atoms with Crippen LogP contribution in [0.5, 0.6) is 0 Å². The first-order chi connectivity index (χ1) is 9.05. The fourth-order valence-electron chi connectivity index (χ4n) is 2.00. The zero-order chi connectivity index (χ0) is 15.7. The van der Waals surface area contributed by atoms with E-state index in [0.717, 1.165) is 18.9 Å². The number of aliphatic hydroxyl groups excluding tert-OH is 1. The van der Waals surface area contributed by atoms with E-state index in [2.05, 4.69) is 0 Å². The molecular formula is C15H22O5. The Morgan fingerprint density at radius 3 is 2.30 bits per heavy atom. The number of hydrogen-bond donors (Lipinski definition) is 3. The quantitative estimate of drug-likeness (QED) is 0.492. The van der Waals surface area contributed by atoms with Crippen molar-refractivity contribution in [1.29, 1.82) is 0 Å². The van der Waals surface area contributed by atoms with Crippen LogP contribution in [0.15, 0.2) is 23.3 Å². The number of carbonyl (C=O) groups excluding carboxylic acids is 2. The highest BCUT2D eigenvalue weighted by Gasteiger charge is 2.75. The van der Waals surface area contributed by atoms with Crippen LogP contribution in [0.25, 0.3) is 0 Å². The average molecular weight is 282 g/mol. The van der Waals surface area contributed by atoms with Crippen LogP contribution in [0.2, 0.25) is 0 Å². The summed E-state index contributed by atoms with van der Waals surface area (Å²) in [6.07, 6.45) is 2.96. The zero-order valence-electron chi connectivity index (χ0n) is 12.3. The lowest BCUT2D eigenvalue weighted by Crippen LogP contribution is -2.51. The molecule has 1 fully saturated rings. The highest BCUT2D eigenvalue weighted by atomic mass is 16.4. The SMILES string of the molecule is CC(C)=CCC/C(C)=C/C(=O)C(C)(O)C1(O)C(=O)C1O. The highest BCUT2D eigenvalue weighted by molar-refractivity contribution is 6.16. The largest absolute Gasteiger partial charge is 0.382 e. The molecule has 0 amide bonds. The summed E-state index contributed by atoms with van der Waals surface area (Å²) in [4.78, 5) is 23.2. The third-order valence-electron chi connectivity index (χ3n) is 3.63. The van der Waals surface area contributed by atoms with Crippen LogP contribution < -0.4 is 0 Å². The van der Waals surface area contributed by atoms with Crippen LogP contribution in [0.1, 0.15) is 40.5 Å². The molecule has 0 aromatic heterocycles. The van der Waals surface area contributed by atoms with Gasteiger partial charge >= 0.3 is 0 Å². The van der Waals surface area contributed by atoms with E-state index >= 15 is 0 Å². The van der Waals surface area contributed by atoms with Crippen molar-refractivity contribution >= 4 is 11.6 Å². The fourth-order valence-corrected chi connectivity index (χ4v) is 2.00. The molecule has 0 aromatic carbocycles. The van der Waals surface area contributed by atoms with E-state index in [0.29, 0.717) is 6.42 Å². The Labute approximate surface area is 118 Å². The van der Waals surface area contributed by atoms with Gasteiger partial charge in [0, 0.05) is 0 Å². The summed E-state index contributed by atoms with van der Waals surface area (Å²) in [5.74, 6) is -1.70. The molecule has 3 unspecified atom stereocenters. The van der Waals surface area contributed by atoms with E-state index < -0.39 is 28.9 Å². The zero-order valence-corrected chi connectivity index (χ0v) is 12.3. The van der Waals surface area contributed by atoms with Gasteiger partial charge in [-0.1, -0.05) is 17.2 Å². The van der Waals surface area contributed by atoms with Crippen LogP contribution in [0.3, 0.4) is 0 Å². The van der Waals surface area contributed by atoms with Gasteiger partial charge in [-0.25, -0.2) is 0 Å². The van der Waals surface area contributed by atoms with Crippen molar-refractivity contribution in [2.24, 2.45) is 0 Å².